The summed E-state index contributed by atoms with van der Waals surface area (Å²) in [6, 6.07) is 0.283. The molecule has 8 heteroatoms. The molecule has 1 aromatic rings. The zero-order valence-electron chi connectivity index (χ0n) is 8.43. The number of aromatic nitrogens is 1. The maximum Gasteiger partial charge on any atom is 0.418 e. The van der Waals surface area contributed by atoms with Crippen LogP contribution >= 0.6 is 0 Å². The molecule has 1 rings (SSSR count). The molecule has 3 N–H and O–H groups in total. The monoisotopic (exact) mass is 256 g/mol. The Kier molecular flexibility index (Phi) is 3.99. The molecule has 0 aliphatic heterocycles. The number of hydrogen-bond acceptors (Lipinski definition) is 3. The number of rotatable bonds is 3. The fraction of sp³-hybridized carbons (Fsp3) is 0.444. The molecule has 0 aliphatic rings. The van der Waals surface area contributed by atoms with Gasteiger partial charge in [0.1, 0.15) is 0 Å². The summed E-state index contributed by atoms with van der Waals surface area (Å²) in [6.45, 7) is -1.42. The highest BCUT2D eigenvalue weighted by Crippen LogP contribution is 2.34. The molecule has 0 saturated carbocycles. The SMILES string of the molecule is NCc1nc(CO)c(C(F)F)cc1C(F)(F)F. The zero-order chi connectivity index (χ0) is 13.2. The molecule has 17 heavy (non-hydrogen) atoms. The smallest absolute Gasteiger partial charge is 0.390 e. The molecule has 1 aromatic heterocycles. The van der Waals surface area contributed by atoms with E-state index in [1.54, 1.807) is 0 Å². The molecule has 0 fully saturated rings. The molecule has 0 amide bonds. The van der Waals surface area contributed by atoms with E-state index in [0.29, 0.717) is 0 Å². The summed E-state index contributed by atoms with van der Waals surface area (Å²) in [4.78, 5) is 3.32. The average Bonchev–Trinajstić information content (AvgIpc) is 2.25. The summed E-state index contributed by atoms with van der Waals surface area (Å²) in [5.74, 6) is 0. The van der Waals surface area contributed by atoms with Gasteiger partial charge < -0.3 is 10.8 Å². The number of pyridine rings is 1. The van der Waals surface area contributed by atoms with Crippen LogP contribution in [0.5, 0.6) is 0 Å². The molecule has 0 spiro atoms. The van der Waals surface area contributed by atoms with E-state index in [-0.39, 0.29) is 6.07 Å². The van der Waals surface area contributed by atoms with Gasteiger partial charge in [-0.2, -0.15) is 13.2 Å². The third-order valence-electron chi connectivity index (χ3n) is 2.10. The van der Waals surface area contributed by atoms with E-state index in [4.69, 9.17) is 10.8 Å². The van der Waals surface area contributed by atoms with Crippen molar-refractivity contribution in [3.05, 3.63) is 28.6 Å². The van der Waals surface area contributed by atoms with Gasteiger partial charge in [0.05, 0.1) is 23.6 Å². The Morgan fingerprint density at radius 3 is 2.24 bits per heavy atom. The second-order valence-corrected chi connectivity index (χ2v) is 3.18. The van der Waals surface area contributed by atoms with E-state index in [9.17, 15) is 22.0 Å². The predicted molar refractivity (Wildman–Crippen MR) is 48.0 cm³/mol. The fourth-order valence-corrected chi connectivity index (χ4v) is 1.33. The van der Waals surface area contributed by atoms with E-state index in [2.05, 4.69) is 4.98 Å². The summed E-state index contributed by atoms with van der Waals surface area (Å²) in [5, 5.41) is 8.76. The average molecular weight is 256 g/mol. The van der Waals surface area contributed by atoms with E-state index in [1.165, 1.54) is 0 Å². The van der Waals surface area contributed by atoms with Crippen LogP contribution < -0.4 is 5.73 Å². The molecule has 0 aliphatic carbocycles. The Hall–Kier alpha value is -1.28. The summed E-state index contributed by atoms with van der Waals surface area (Å²) in [6.07, 6.45) is -7.95. The minimum absolute atomic E-state index is 0.283. The summed E-state index contributed by atoms with van der Waals surface area (Å²) in [5.41, 5.74) is 1.78. The minimum atomic E-state index is -4.81. The van der Waals surface area contributed by atoms with Crippen LogP contribution in [0.1, 0.15) is 28.9 Å². The Bertz CT molecular complexity index is 405. The lowest BCUT2D eigenvalue weighted by molar-refractivity contribution is -0.138. The molecule has 0 saturated heterocycles. The Balaban J connectivity index is 3.45. The van der Waals surface area contributed by atoms with Crippen molar-refractivity contribution in [3.8, 4) is 0 Å². The van der Waals surface area contributed by atoms with Crippen LogP contribution in [-0.2, 0) is 19.3 Å². The Morgan fingerprint density at radius 2 is 1.88 bits per heavy atom. The topological polar surface area (TPSA) is 59.1 Å². The van der Waals surface area contributed by atoms with Crippen molar-refractivity contribution in [2.45, 2.75) is 25.8 Å². The number of nitrogens with two attached hydrogens (primary N) is 1. The van der Waals surface area contributed by atoms with Crippen LogP contribution in [0.3, 0.4) is 0 Å². The molecule has 3 nitrogen and oxygen atoms in total. The molecular weight excluding hydrogens is 247 g/mol. The van der Waals surface area contributed by atoms with E-state index >= 15 is 0 Å². The van der Waals surface area contributed by atoms with Crippen LogP contribution in [0.15, 0.2) is 6.07 Å². The standard InChI is InChI=1S/C9H9F5N2O/c10-8(11)4-1-5(9(12,13)14)6(2-15)16-7(4)3-17/h1,8,17H,2-3,15H2. The van der Waals surface area contributed by atoms with Crippen molar-refractivity contribution < 1.29 is 27.1 Å². The maximum atomic E-state index is 12.5. The lowest BCUT2D eigenvalue weighted by Gasteiger charge is -2.15. The van der Waals surface area contributed by atoms with E-state index in [0.717, 1.165) is 0 Å². The van der Waals surface area contributed by atoms with Crippen LogP contribution in [0.2, 0.25) is 0 Å². The Labute approximate surface area is 93.1 Å². The van der Waals surface area contributed by atoms with Gasteiger partial charge >= 0.3 is 6.18 Å². The molecule has 0 bridgehead atoms. The van der Waals surface area contributed by atoms with Crippen molar-refractivity contribution in [1.82, 2.24) is 4.98 Å². The number of halogens is 5. The summed E-state index contributed by atoms with van der Waals surface area (Å²) < 4.78 is 62.5. The van der Waals surface area contributed by atoms with Crippen LogP contribution in [0, 0.1) is 0 Å². The number of nitrogens with zero attached hydrogens (tertiary/aromatic N) is 1. The molecule has 0 radical (unpaired) electrons. The van der Waals surface area contributed by atoms with Crippen LogP contribution in [0.25, 0.3) is 0 Å². The fourth-order valence-electron chi connectivity index (χ4n) is 1.33. The van der Waals surface area contributed by atoms with E-state index < -0.39 is 48.3 Å². The molecule has 0 atom stereocenters. The maximum absolute atomic E-state index is 12.5. The van der Waals surface area contributed by atoms with Gasteiger partial charge in [-0.25, -0.2) is 8.78 Å². The number of aliphatic hydroxyl groups is 1. The van der Waals surface area contributed by atoms with Crippen molar-refractivity contribution in [3.63, 3.8) is 0 Å². The van der Waals surface area contributed by atoms with Crippen molar-refractivity contribution >= 4 is 0 Å². The summed E-state index contributed by atoms with van der Waals surface area (Å²) in [7, 11) is 0. The van der Waals surface area contributed by atoms with Gasteiger partial charge in [0.25, 0.3) is 6.43 Å². The number of alkyl halides is 5. The van der Waals surface area contributed by atoms with Gasteiger partial charge in [0.15, 0.2) is 0 Å². The van der Waals surface area contributed by atoms with Crippen molar-refractivity contribution in [1.29, 1.82) is 0 Å². The highest BCUT2D eigenvalue weighted by atomic mass is 19.4. The third-order valence-corrected chi connectivity index (χ3v) is 2.10. The highest BCUT2D eigenvalue weighted by molar-refractivity contribution is 5.33. The lowest BCUT2D eigenvalue weighted by atomic mass is 10.1. The van der Waals surface area contributed by atoms with Crippen molar-refractivity contribution in [2.24, 2.45) is 5.73 Å². The van der Waals surface area contributed by atoms with Crippen LogP contribution in [-0.4, -0.2) is 10.1 Å². The Morgan fingerprint density at radius 1 is 1.29 bits per heavy atom. The molecular formula is C9H9F5N2O. The largest absolute Gasteiger partial charge is 0.418 e. The van der Waals surface area contributed by atoms with Gasteiger partial charge in [0.2, 0.25) is 0 Å². The number of aliphatic hydroxyl groups excluding tert-OH is 1. The molecule has 0 aromatic carbocycles. The third kappa shape index (κ3) is 2.89. The first kappa shape index (κ1) is 13.8. The minimum Gasteiger partial charge on any atom is -0.390 e. The quantitative estimate of drug-likeness (QED) is 0.813. The summed E-state index contributed by atoms with van der Waals surface area (Å²) >= 11 is 0. The molecule has 1 heterocycles. The van der Waals surface area contributed by atoms with E-state index in [1.807, 2.05) is 0 Å². The van der Waals surface area contributed by atoms with Crippen molar-refractivity contribution in [2.75, 3.05) is 0 Å². The van der Waals surface area contributed by atoms with Gasteiger partial charge in [-0.3, -0.25) is 4.98 Å². The first-order valence-corrected chi connectivity index (χ1v) is 4.50. The first-order valence-electron chi connectivity index (χ1n) is 4.50. The van der Waals surface area contributed by atoms with Gasteiger partial charge in [-0.15, -0.1) is 0 Å². The van der Waals surface area contributed by atoms with Gasteiger partial charge in [-0.05, 0) is 6.07 Å². The second-order valence-electron chi connectivity index (χ2n) is 3.18. The number of hydrogen-bond donors (Lipinski definition) is 2. The van der Waals surface area contributed by atoms with Gasteiger partial charge in [-0.1, -0.05) is 0 Å². The zero-order valence-corrected chi connectivity index (χ0v) is 8.43. The second kappa shape index (κ2) is 4.92. The normalized spacial score (nSPS) is 12.2. The molecule has 96 valence electrons. The first-order chi connectivity index (χ1) is 7.81. The predicted octanol–water partition coefficient (Wildman–Crippen LogP) is 1.99. The highest BCUT2D eigenvalue weighted by Gasteiger charge is 2.35. The molecule has 0 unspecified atom stereocenters. The van der Waals surface area contributed by atoms with Gasteiger partial charge in [0, 0.05) is 12.1 Å². The lowest BCUT2D eigenvalue weighted by Crippen LogP contribution is -2.16. The van der Waals surface area contributed by atoms with Crippen LogP contribution in [0.4, 0.5) is 22.0 Å².